The zero-order chi connectivity index (χ0) is 18.7. The molecular weight excluding hydrogens is 410 g/mol. The number of carbonyl (C=O) groups is 3. The van der Waals surface area contributed by atoms with Crippen molar-refractivity contribution in [2.75, 3.05) is 11.9 Å². The highest BCUT2D eigenvalue weighted by Gasteiger charge is 2.26. The number of nitrogens with one attached hydrogen (secondary N) is 1. The zero-order valence-corrected chi connectivity index (χ0v) is 16.7. The molecule has 2 heterocycles. The number of carbonyl (C=O) groups excluding carboxylic acids is 3. The minimum atomic E-state index is -0.572. The van der Waals surface area contributed by atoms with Gasteiger partial charge in [0.05, 0.1) is 21.5 Å². The fourth-order valence-corrected chi connectivity index (χ4v) is 3.84. The van der Waals surface area contributed by atoms with Crippen molar-refractivity contribution in [1.29, 1.82) is 0 Å². The van der Waals surface area contributed by atoms with E-state index < -0.39 is 11.9 Å². The van der Waals surface area contributed by atoms with Gasteiger partial charge in [0.1, 0.15) is 5.00 Å². The van der Waals surface area contributed by atoms with Crippen LogP contribution < -0.4 is 5.32 Å². The Labute approximate surface area is 157 Å². The lowest BCUT2D eigenvalue weighted by atomic mass is 10.1. The number of hydrogen-bond donors (Lipinski definition) is 1. The maximum Gasteiger partial charge on any atom is 0.341 e. The smallest absolute Gasteiger partial charge is 0.341 e. The van der Waals surface area contributed by atoms with Gasteiger partial charge in [0.15, 0.2) is 11.5 Å². The van der Waals surface area contributed by atoms with E-state index in [9.17, 15) is 14.4 Å². The van der Waals surface area contributed by atoms with Crippen LogP contribution in [0.4, 0.5) is 5.00 Å². The number of thiophene rings is 1. The second kappa shape index (κ2) is 7.92. The number of ether oxygens (including phenoxy) is 1. The van der Waals surface area contributed by atoms with E-state index in [1.807, 2.05) is 6.92 Å². The summed E-state index contributed by atoms with van der Waals surface area (Å²) < 4.78 is 7.21. The fourth-order valence-electron chi connectivity index (χ4n) is 2.26. The molecule has 9 heteroatoms. The number of esters is 1. The minimum absolute atomic E-state index is 0.176. The van der Waals surface area contributed by atoms with Crippen LogP contribution >= 0.6 is 27.3 Å². The molecule has 0 saturated carbocycles. The van der Waals surface area contributed by atoms with Crippen molar-refractivity contribution < 1.29 is 19.1 Å². The highest BCUT2D eigenvalue weighted by molar-refractivity contribution is 9.10. The lowest BCUT2D eigenvalue weighted by molar-refractivity contribution is 0.0527. The van der Waals surface area contributed by atoms with Gasteiger partial charge < -0.3 is 10.1 Å². The van der Waals surface area contributed by atoms with Crippen LogP contribution in [-0.4, -0.2) is 34.0 Å². The molecule has 0 aliphatic heterocycles. The first kappa shape index (κ1) is 19.3. The SMILES string of the molecule is CCOC(=O)c1c(NC(=O)c2nn(CC)cc2Br)sc(C(C)=O)c1C. The molecule has 0 bridgehead atoms. The average molecular weight is 428 g/mol. The fraction of sp³-hybridized carbons (Fsp3) is 0.375. The monoisotopic (exact) mass is 427 g/mol. The van der Waals surface area contributed by atoms with Gasteiger partial charge >= 0.3 is 5.97 Å². The van der Waals surface area contributed by atoms with Gasteiger partial charge in [-0.25, -0.2) is 4.79 Å². The molecule has 0 radical (unpaired) electrons. The van der Waals surface area contributed by atoms with Crippen LogP contribution in [0.25, 0.3) is 0 Å². The Bertz CT molecular complexity index is 841. The second-order valence-electron chi connectivity index (χ2n) is 5.17. The summed E-state index contributed by atoms with van der Waals surface area (Å²) in [5, 5.41) is 7.14. The highest BCUT2D eigenvalue weighted by atomic mass is 79.9. The van der Waals surface area contributed by atoms with Crippen molar-refractivity contribution in [1.82, 2.24) is 9.78 Å². The van der Waals surface area contributed by atoms with Crippen LogP contribution in [0.15, 0.2) is 10.7 Å². The number of amides is 1. The molecule has 0 atom stereocenters. The van der Waals surface area contributed by atoms with Crippen molar-refractivity contribution >= 4 is 49.9 Å². The third-order valence-corrected chi connectivity index (χ3v) is 5.32. The predicted octanol–water partition coefficient (Wildman–Crippen LogP) is 3.67. The summed E-state index contributed by atoms with van der Waals surface area (Å²) in [5.41, 5.74) is 0.910. The van der Waals surface area contributed by atoms with Crippen LogP contribution in [0.1, 0.15) is 56.9 Å². The number of ketones is 1. The lowest BCUT2D eigenvalue weighted by Gasteiger charge is -2.06. The number of aromatic nitrogens is 2. The van der Waals surface area contributed by atoms with Gasteiger partial charge in [0, 0.05) is 12.7 Å². The van der Waals surface area contributed by atoms with Crippen LogP contribution in [-0.2, 0) is 11.3 Å². The first-order valence-electron chi connectivity index (χ1n) is 7.65. The van der Waals surface area contributed by atoms with E-state index in [1.165, 1.54) is 6.92 Å². The molecule has 7 nitrogen and oxygen atoms in total. The molecule has 2 aromatic heterocycles. The number of halogens is 1. The quantitative estimate of drug-likeness (QED) is 0.560. The predicted molar refractivity (Wildman–Crippen MR) is 98.6 cm³/mol. The maximum absolute atomic E-state index is 12.5. The number of rotatable bonds is 6. The molecule has 2 aromatic rings. The van der Waals surface area contributed by atoms with Gasteiger partial charge in [-0.1, -0.05) is 0 Å². The summed E-state index contributed by atoms with van der Waals surface area (Å²) in [6, 6.07) is 0. The van der Waals surface area contributed by atoms with E-state index in [2.05, 4.69) is 26.3 Å². The third kappa shape index (κ3) is 3.98. The molecule has 25 heavy (non-hydrogen) atoms. The first-order chi connectivity index (χ1) is 11.8. The van der Waals surface area contributed by atoms with Crippen LogP contribution in [0, 0.1) is 6.92 Å². The second-order valence-corrected chi connectivity index (χ2v) is 7.05. The van der Waals surface area contributed by atoms with Gasteiger partial charge in [-0.2, -0.15) is 5.10 Å². The van der Waals surface area contributed by atoms with E-state index in [-0.39, 0.29) is 28.6 Å². The highest BCUT2D eigenvalue weighted by Crippen LogP contribution is 2.34. The van der Waals surface area contributed by atoms with Crippen LogP contribution in [0.5, 0.6) is 0 Å². The van der Waals surface area contributed by atoms with Crippen molar-refractivity contribution in [3.63, 3.8) is 0 Å². The Kier molecular flexibility index (Phi) is 6.12. The topological polar surface area (TPSA) is 90.3 Å². The van der Waals surface area contributed by atoms with E-state index >= 15 is 0 Å². The summed E-state index contributed by atoms with van der Waals surface area (Å²) in [4.78, 5) is 37.0. The molecule has 0 fully saturated rings. The number of hydrogen-bond acceptors (Lipinski definition) is 6. The van der Waals surface area contributed by atoms with E-state index in [0.717, 1.165) is 11.3 Å². The Morgan fingerprint density at radius 3 is 2.56 bits per heavy atom. The number of nitrogens with zero attached hydrogens (tertiary/aromatic N) is 2. The van der Waals surface area contributed by atoms with E-state index in [1.54, 1.807) is 24.7 Å². The lowest BCUT2D eigenvalue weighted by Crippen LogP contribution is -2.16. The van der Waals surface area contributed by atoms with Gasteiger partial charge in [-0.05, 0) is 49.2 Å². The average Bonchev–Trinajstić information content (AvgIpc) is 3.07. The molecular formula is C16H18BrN3O4S. The summed E-state index contributed by atoms with van der Waals surface area (Å²) in [6.07, 6.45) is 1.70. The van der Waals surface area contributed by atoms with Gasteiger partial charge in [-0.15, -0.1) is 11.3 Å². The summed E-state index contributed by atoms with van der Waals surface area (Å²) >= 11 is 4.36. The molecule has 0 aromatic carbocycles. The van der Waals surface area contributed by atoms with Crippen molar-refractivity contribution in [3.05, 3.63) is 32.4 Å². The maximum atomic E-state index is 12.5. The Hall–Kier alpha value is -2.00. The molecule has 0 saturated heterocycles. The third-order valence-electron chi connectivity index (χ3n) is 3.43. The summed E-state index contributed by atoms with van der Waals surface area (Å²) in [6.45, 7) is 7.49. The number of anilines is 1. The van der Waals surface area contributed by atoms with Gasteiger partial charge in [0.25, 0.3) is 5.91 Å². The number of Topliss-reactive ketones (excluding diaryl/α,β-unsaturated/α-hetero) is 1. The first-order valence-corrected chi connectivity index (χ1v) is 9.26. The van der Waals surface area contributed by atoms with Crippen molar-refractivity contribution in [3.8, 4) is 0 Å². The Morgan fingerprint density at radius 1 is 1.36 bits per heavy atom. The van der Waals surface area contributed by atoms with E-state index in [0.29, 0.717) is 21.5 Å². The van der Waals surface area contributed by atoms with Gasteiger partial charge in [-0.3, -0.25) is 14.3 Å². The van der Waals surface area contributed by atoms with Crippen LogP contribution in [0.2, 0.25) is 0 Å². The zero-order valence-electron chi connectivity index (χ0n) is 14.3. The Morgan fingerprint density at radius 2 is 2.04 bits per heavy atom. The van der Waals surface area contributed by atoms with Gasteiger partial charge in [0.2, 0.25) is 0 Å². The minimum Gasteiger partial charge on any atom is -0.462 e. The number of aryl methyl sites for hydroxylation is 1. The molecule has 0 aliphatic rings. The molecule has 1 N–H and O–H groups in total. The normalized spacial score (nSPS) is 10.6. The molecule has 0 spiro atoms. The summed E-state index contributed by atoms with van der Waals surface area (Å²) in [7, 11) is 0. The van der Waals surface area contributed by atoms with Crippen molar-refractivity contribution in [2.45, 2.75) is 34.2 Å². The molecule has 1 amide bonds. The molecule has 0 unspecified atom stereocenters. The largest absolute Gasteiger partial charge is 0.462 e. The molecule has 0 aliphatic carbocycles. The molecule has 134 valence electrons. The molecule has 2 rings (SSSR count). The summed E-state index contributed by atoms with van der Waals surface area (Å²) in [5.74, 6) is -1.22. The Balaban J connectivity index is 2.42. The van der Waals surface area contributed by atoms with E-state index in [4.69, 9.17) is 4.74 Å². The van der Waals surface area contributed by atoms with Crippen LogP contribution in [0.3, 0.4) is 0 Å². The van der Waals surface area contributed by atoms with Crippen molar-refractivity contribution in [2.24, 2.45) is 0 Å². The standard InChI is InChI=1S/C16H18BrN3O4S/c1-5-20-7-10(17)12(19-20)14(22)18-15-11(16(23)24-6-2)8(3)13(25-15)9(4)21/h7H,5-6H2,1-4H3,(H,18,22).